The Morgan fingerprint density at radius 1 is 1.83 bits per heavy atom. The lowest BCUT2D eigenvalue weighted by atomic mass is 11.6. The highest BCUT2D eigenvalue weighted by atomic mass is 32.5. The molecule has 0 aliphatic rings. The lowest BCUT2D eigenvalue weighted by molar-refractivity contribution is 0.868. The molecule has 0 saturated carbocycles. The minimum Gasteiger partial charge on any atom is -0.267 e. The summed E-state index contributed by atoms with van der Waals surface area (Å²) in [6.07, 6.45) is 0. The van der Waals surface area contributed by atoms with Crippen LogP contribution >= 0.6 is 6.50 Å². The molecule has 0 aromatic rings. The van der Waals surface area contributed by atoms with Crippen LogP contribution < -0.4 is 5.09 Å². The number of hydrogen-bond donors (Lipinski definition) is 1. The fourth-order valence-corrected chi connectivity index (χ4v) is 0. The first-order valence-electron chi connectivity index (χ1n) is 1.52. The van der Waals surface area contributed by atoms with Crippen molar-refractivity contribution >= 4 is 18.3 Å². The van der Waals surface area contributed by atoms with E-state index in [4.69, 9.17) is 0 Å². The summed E-state index contributed by atoms with van der Waals surface area (Å²) in [4.78, 5) is 0. The maximum Gasteiger partial charge on any atom is 0.172 e. The van der Waals surface area contributed by atoms with E-state index in [1.54, 1.807) is 0 Å². The summed E-state index contributed by atoms with van der Waals surface area (Å²) in [5.74, 6) is 0. The fourth-order valence-electron chi connectivity index (χ4n) is 0. The van der Waals surface area contributed by atoms with Crippen LogP contribution in [0.15, 0.2) is 0 Å². The van der Waals surface area contributed by atoms with Gasteiger partial charge in [-0.2, -0.15) is 0 Å². The molecular formula is C2H7FNPS. The van der Waals surface area contributed by atoms with Crippen LogP contribution in [0, 0.1) is 0 Å². The zero-order valence-corrected chi connectivity index (χ0v) is 5.44. The number of hydrogen-bond acceptors (Lipinski definition) is 1. The van der Waals surface area contributed by atoms with Gasteiger partial charge < -0.3 is 0 Å². The van der Waals surface area contributed by atoms with Crippen molar-refractivity contribution in [1.82, 2.24) is 5.09 Å². The van der Waals surface area contributed by atoms with E-state index in [-0.39, 0.29) is 0 Å². The van der Waals surface area contributed by atoms with Crippen molar-refractivity contribution in [2.24, 2.45) is 0 Å². The summed E-state index contributed by atoms with van der Waals surface area (Å²) in [5.41, 5.74) is 0. The van der Waals surface area contributed by atoms with Gasteiger partial charge in [-0.3, -0.25) is 5.09 Å². The summed E-state index contributed by atoms with van der Waals surface area (Å²) < 4.78 is 11.9. The first-order chi connectivity index (χ1) is 2.56. The Morgan fingerprint density at radius 3 is 2.00 bits per heavy atom. The maximum absolute atomic E-state index is 11.9. The van der Waals surface area contributed by atoms with Crippen LogP contribution in [0.3, 0.4) is 0 Å². The Labute approximate surface area is 42.1 Å². The van der Waals surface area contributed by atoms with Crippen molar-refractivity contribution in [2.45, 2.75) is 0 Å². The SMILES string of the molecule is CNP(C)(F)=S. The van der Waals surface area contributed by atoms with Crippen molar-refractivity contribution < 1.29 is 4.20 Å². The van der Waals surface area contributed by atoms with E-state index in [0.717, 1.165) is 0 Å². The Morgan fingerprint density at radius 2 is 2.00 bits per heavy atom. The summed E-state index contributed by atoms with van der Waals surface area (Å²) in [6, 6.07) is 0. The normalized spacial score (nSPS) is 19.8. The van der Waals surface area contributed by atoms with Gasteiger partial charge in [-0.15, -0.1) is 0 Å². The molecule has 0 aliphatic carbocycles. The topological polar surface area (TPSA) is 12.0 Å². The lowest BCUT2D eigenvalue weighted by Gasteiger charge is -1.98. The van der Waals surface area contributed by atoms with E-state index >= 15 is 0 Å². The molecule has 0 rings (SSSR count). The highest BCUT2D eigenvalue weighted by molar-refractivity contribution is 8.10. The van der Waals surface area contributed by atoms with Crippen molar-refractivity contribution in [3.05, 3.63) is 0 Å². The van der Waals surface area contributed by atoms with Gasteiger partial charge in [-0.1, -0.05) is 0 Å². The van der Waals surface area contributed by atoms with Crippen molar-refractivity contribution in [2.75, 3.05) is 13.7 Å². The second kappa shape index (κ2) is 2.01. The van der Waals surface area contributed by atoms with Crippen LogP contribution in [0.2, 0.25) is 0 Å². The molecule has 6 heavy (non-hydrogen) atoms. The molecular weight excluding hydrogens is 120 g/mol. The first-order valence-corrected chi connectivity index (χ1v) is 4.66. The quantitative estimate of drug-likeness (QED) is 0.529. The van der Waals surface area contributed by atoms with E-state index in [0.29, 0.717) is 0 Å². The fraction of sp³-hybridized carbons (Fsp3) is 1.00. The predicted octanol–water partition coefficient (Wildman–Crippen LogP) is 1.11. The van der Waals surface area contributed by atoms with Crippen LogP contribution in [0.1, 0.15) is 0 Å². The van der Waals surface area contributed by atoms with Gasteiger partial charge in [0, 0.05) is 6.66 Å². The molecule has 0 aromatic heterocycles. The Kier molecular flexibility index (Phi) is 2.19. The molecule has 0 amide bonds. The average Bonchev–Trinajstić information content (AvgIpc) is 1.35. The molecule has 0 aromatic carbocycles. The zero-order valence-electron chi connectivity index (χ0n) is 3.73. The van der Waals surface area contributed by atoms with Gasteiger partial charge >= 0.3 is 0 Å². The largest absolute Gasteiger partial charge is 0.267 e. The van der Waals surface area contributed by atoms with Crippen LogP contribution in [-0.2, 0) is 11.8 Å². The summed E-state index contributed by atoms with van der Waals surface area (Å²) in [7, 11) is 1.53. The van der Waals surface area contributed by atoms with Crippen LogP contribution in [0.25, 0.3) is 0 Å². The van der Waals surface area contributed by atoms with E-state index in [1.165, 1.54) is 13.7 Å². The predicted molar refractivity (Wildman–Crippen MR) is 30.4 cm³/mol. The van der Waals surface area contributed by atoms with Crippen LogP contribution in [0.5, 0.6) is 0 Å². The molecule has 0 saturated heterocycles. The molecule has 0 fully saturated rings. The second-order valence-electron chi connectivity index (χ2n) is 1.04. The monoisotopic (exact) mass is 127 g/mol. The van der Waals surface area contributed by atoms with E-state index in [1.807, 2.05) is 0 Å². The third-order valence-corrected chi connectivity index (χ3v) is 1.75. The van der Waals surface area contributed by atoms with Crippen molar-refractivity contribution in [3.63, 3.8) is 0 Å². The van der Waals surface area contributed by atoms with Crippen molar-refractivity contribution in [1.29, 1.82) is 0 Å². The molecule has 0 spiro atoms. The third kappa shape index (κ3) is 4.54. The van der Waals surface area contributed by atoms with Gasteiger partial charge in [0.25, 0.3) is 0 Å². The minimum atomic E-state index is -2.56. The number of nitrogens with one attached hydrogen (secondary N) is 1. The number of rotatable bonds is 1. The smallest absolute Gasteiger partial charge is 0.172 e. The molecule has 0 aliphatic heterocycles. The van der Waals surface area contributed by atoms with Crippen LogP contribution in [-0.4, -0.2) is 13.7 Å². The second-order valence-corrected chi connectivity index (χ2v) is 5.19. The van der Waals surface area contributed by atoms with Gasteiger partial charge in [0.05, 0.1) is 0 Å². The highest BCUT2D eigenvalue weighted by Gasteiger charge is 1.97. The van der Waals surface area contributed by atoms with Gasteiger partial charge in [0.2, 0.25) is 0 Å². The molecule has 1 nitrogen and oxygen atoms in total. The minimum absolute atomic E-state index is 1.39. The molecule has 1 unspecified atom stereocenters. The standard InChI is InChI=1S/C2H7FNPS/c1-4-5(2,3)6/h1-2H3,(H,4,6). The summed E-state index contributed by atoms with van der Waals surface area (Å²) in [6.45, 7) is -1.17. The number of halogens is 1. The molecule has 1 atom stereocenters. The zero-order chi connectivity index (χ0) is 5.21. The van der Waals surface area contributed by atoms with Gasteiger partial charge in [-0.05, 0) is 18.9 Å². The Hall–Kier alpha value is 0.540. The third-order valence-electron chi connectivity index (χ3n) is 0.399. The molecule has 38 valence electrons. The van der Waals surface area contributed by atoms with Gasteiger partial charge in [-0.25, -0.2) is 4.20 Å². The molecule has 4 heteroatoms. The summed E-state index contributed by atoms with van der Waals surface area (Å²) in [5, 5.41) is 2.36. The van der Waals surface area contributed by atoms with E-state index in [2.05, 4.69) is 16.9 Å². The average molecular weight is 127 g/mol. The van der Waals surface area contributed by atoms with Crippen molar-refractivity contribution in [3.8, 4) is 0 Å². The molecule has 0 bridgehead atoms. The maximum atomic E-state index is 11.9. The molecule has 0 heterocycles. The van der Waals surface area contributed by atoms with Crippen LogP contribution in [0.4, 0.5) is 4.20 Å². The van der Waals surface area contributed by atoms with E-state index in [9.17, 15) is 4.20 Å². The van der Waals surface area contributed by atoms with Gasteiger partial charge in [0.1, 0.15) is 0 Å². The van der Waals surface area contributed by atoms with Gasteiger partial charge in [0.15, 0.2) is 6.50 Å². The lowest BCUT2D eigenvalue weighted by Crippen LogP contribution is -1.94. The Bertz CT molecular complexity index is 77.6. The Balaban J connectivity index is 3.48. The molecule has 1 N–H and O–H groups in total. The summed E-state index contributed by atoms with van der Waals surface area (Å²) >= 11 is 4.32. The van der Waals surface area contributed by atoms with E-state index < -0.39 is 6.50 Å². The first kappa shape index (κ1) is 6.54. The molecule has 0 radical (unpaired) electrons. The highest BCUT2D eigenvalue weighted by Crippen LogP contribution is 2.36.